The van der Waals surface area contributed by atoms with Crippen molar-refractivity contribution in [2.75, 3.05) is 19.7 Å². The number of benzene rings is 1. The van der Waals surface area contributed by atoms with Crippen molar-refractivity contribution >= 4 is 0 Å². The van der Waals surface area contributed by atoms with E-state index in [9.17, 15) is 5.11 Å². The van der Waals surface area contributed by atoms with Gasteiger partial charge in [-0.2, -0.15) is 0 Å². The third kappa shape index (κ3) is 3.78. The lowest BCUT2D eigenvalue weighted by Gasteiger charge is -2.32. The van der Waals surface area contributed by atoms with E-state index in [1.165, 1.54) is 5.56 Å². The van der Waals surface area contributed by atoms with Crippen LogP contribution in [0.15, 0.2) is 30.3 Å². The molecule has 0 amide bonds. The van der Waals surface area contributed by atoms with Crippen LogP contribution in [0.3, 0.4) is 0 Å². The summed E-state index contributed by atoms with van der Waals surface area (Å²) in [6.07, 6.45) is 2.13. The Morgan fingerprint density at radius 2 is 2.11 bits per heavy atom. The SMILES string of the molecule is CCC(C)NC1(CO)CCN(Cc2ccccc2)C1. The van der Waals surface area contributed by atoms with E-state index in [0.29, 0.717) is 6.04 Å². The predicted molar refractivity (Wildman–Crippen MR) is 79.0 cm³/mol. The number of aliphatic hydroxyl groups is 1. The molecule has 1 aliphatic rings. The van der Waals surface area contributed by atoms with Gasteiger partial charge in [0, 0.05) is 25.7 Å². The Hall–Kier alpha value is -0.900. The molecule has 3 heteroatoms. The van der Waals surface area contributed by atoms with Crippen molar-refractivity contribution < 1.29 is 5.11 Å². The summed E-state index contributed by atoms with van der Waals surface area (Å²) < 4.78 is 0. The van der Waals surface area contributed by atoms with Crippen LogP contribution in [0.2, 0.25) is 0 Å². The molecule has 19 heavy (non-hydrogen) atoms. The second-order valence-electron chi connectivity index (χ2n) is 5.84. The molecule has 1 fully saturated rings. The molecule has 0 radical (unpaired) electrons. The fourth-order valence-corrected chi connectivity index (χ4v) is 2.85. The van der Waals surface area contributed by atoms with Crippen LogP contribution in [0.1, 0.15) is 32.3 Å². The van der Waals surface area contributed by atoms with Gasteiger partial charge in [0.15, 0.2) is 0 Å². The Morgan fingerprint density at radius 1 is 1.37 bits per heavy atom. The summed E-state index contributed by atoms with van der Waals surface area (Å²) in [5, 5.41) is 13.4. The maximum Gasteiger partial charge on any atom is 0.0626 e. The molecule has 1 aliphatic heterocycles. The first-order valence-corrected chi connectivity index (χ1v) is 7.32. The summed E-state index contributed by atoms with van der Waals surface area (Å²) in [4.78, 5) is 2.43. The first-order chi connectivity index (χ1) is 9.17. The van der Waals surface area contributed by atoms with Crippen LogP contribution < -0.4 is 5.32 Å². The third-order valence-electron chi connectivity index (χ3n) is 4.15. The van der Waals surface area contributed by atoms with Crippen LogP contribution >= 0.6 is 0 Å². The normalized spacial score (nSPS) is 25.6. The molecular weight excluding hydrogens is 236 g/mol. The van der Waals surface area contributed by atoms with Gasteiger partial charge in [-0.3, -0.25) is 4.90 Å². The van der Waals surface area contributed by atoms with E-state index >= 15 is 0 Å². The Bertz CT molecular complexity index is 382. The zero-order valence-corrected chi connectivity index (χ0v) is 12.1. The summed E-state index contributed by atoms with van der Waals surface area (Å²) in [7, 11) is 0. The standard InChI is InChI=1S/C16H26N2O/c1-3-14(2)17-16(13-19)9-10-18(12-16)11-15-7-5-4-6-8-15/h4-8,14,17,19H,3,9-13H2,1-2H3. The minimum Gasteiger partial charge on any atom is -0.394 e. The number of hydrogen-bond acceptors (Lipinski definition) is 3. The Morgan fingerprint density at radius 3 is 2.74 bits per heavy atom. The monoisotopic (exact) mass is 262 g/mol. The number of hydrogen-bond donors (Lipinski definition) is 2. The van der Waals surface area contributed by atoms with Gasteiger partial charge in [-0.05, 0) is 25.3 Å². The Kier molecular flexibility index (Phi) is 4.97. The van der Waals surface area contributed by atoms with Gasteiger partial charge in [0.05, 0.1) is 12.1 Å². The lowest BCUT2D eigenvalue weighted by molar-refractivity contribution is 0.148. The highest BCUT2D eigenvalue weighted by Crippen LogP contribution is 2.23. The maximum atomic E-state index is 9.76. The fraction of sp³-hybridized carbons (Fsp3) is 0.625. The Balaban J connectivity index is 1.94. The van der Waals surface area contributed by atoms with E-state index in [1.807, 2.05) is 0 Å². The van der Waals surface area contributed by atoms with Crippen molar-refractivity contribution in [2.45, 2.75) is 44.8 Å². The number of nitrogens with zero attached hydrogens (tertiary/aromatic N) is 1. The molecule has 2 atom stereocenters. The van der Waals surface area contributed by atoms with Crippen LogP contribution in [0.25, 0.3) is 0 Å². The topological polar surface area (TPSA) is 35.5 Å². The molecular formula is C16H26N2O. The van der Waals surface area contributed by atoms with Crippen molar-refractivity contribution in [3.8, 4) is 0 Å². The number of rotatable bonds is 6. The first kappa shape index (κ1) is 14.5. The number of nitrogens with one attached hydrogen (secondary N) is 1. The zero-order chi connectivity index (χ0) is 13.7. The van der Waals surface area contributed by atoms with Crippen LogP contribution in [-0.2, 0) is 6.54 Å². The molecule has 1 heterocycles. The molecule has 3 nitrogen and oxygen atoms in total. The van der Waals surface area contributed by atoms with Gasteiger partial charge in [0.1, 0.15) is 0 Å². The summed E-state index contributed by atoms with van der Waals surface area (Å²) in [5.41, 5.74) is 1.24. The lowest BCUT2D eigenvalue weighted by atomic mass is 9.98. The van der Waals surface area contributed by atoms with Gasteiger partial charge >= 0.3 is 0 Å². The van der Waals surface area contributed by atoms with Crippen molar-refractivity contribution in [1.29, 1.82) is 0 Å². The molecule has 1 saturated heterocycles. The molecule has 0 aromatic heterocycles. The smallest absolute Gasteiger partial charge is 0.0626 e. The van der Waals surface area contributed by atoms with E-state index in [0.717, 1.165) is 32.5 Å². The molecule has 1 aromatic rings. The van der Waals surface area contributed by atoms with E-state index in [4.69, 9.17) is 0 Å². The first-order valence-electron chi connectivity index (χ1n) is 7.32. The average Bonchev–Trinajstić information content (AvgIpc) is 2.83. The van der Waals surface area contributed by atoms with E-state index in [-0.39, 0.29) is 12.1 Å². The van der Waals surface area contributed by atoms with Crippen molar-refractivity contribution in [1.82, 2.24) is 10.2 Å². The molecule has 0 spiro atoms. The van der Waals surface area contributed by atoms with Crippen molar-refractivity contribution in [3.63, 3.8) is 0 Å². The van der Waals surface area contributed by atoms with Crippen LogP contribution in [0.5, 0.6) is 0 Å². The van der Waals surface area contributed by atoms with E-state index in [2.05, 4.69) is 54.4 Å². The van der Waals surface area contributed by atoms with Crippen LogP contribution in [-0.4, -0.2) is 41.3 Å². The molecule has 0 saturated carbocycles. The molecule has 1 aromatic carbocycles. The lowest BCUT2D eigenvalue weighted by Crippen LogP contribution is -2.53. The second kappa shape index (κ2) is 6.51. The summed E-state index contributed by atoms with van der Waals surface area (Å²) in [5.74, 6) is 0. The van der Waals surface area contributed by atoms with Gasteiger partial charge in [-0.1, -0.05) is 37.3 Å². The predicted octanol–water partition coefficient (Wildman–Crippen LogP) is 2.01. The third-order valence-corrected chi connectivity index (χ3v) is 4.15. The van der Waals surface area contributed by atoms with Crippen molar-refractivity contribution in [3.05, 3.63) is 35.9 Å². The molecule has 2 N–H and O–H groups in total. The largest absolute Gasteiger partial charge is 0.394 e. The van der Waals surface area contributed by atoms with Crippen molar-refractivity contribution in [2.24, 2.45) is 0 Å². The average molecular weight is 262 g/mol. The second-order valence-corrected chi connectivity index (χ2v) is 5.84. The molecule has 2 rings (SSSR count). The quantitative estimate of drug-likeness (QED) is 0.823. The molecule has 0 bridgehead atoms. The van der Waals surface area contributed by atoms with Gasteiger partial charge in [-0.25, -0.2) is 0 Å². The molecule has 106 valence electrons. The van der Waals surface area contributed by atoms with Crippen LogP contribution in [0.4, 0.5) is 0 Å². The number of aliphatic hydroxyl groups excluding tert-OH is 1. The summed E-state index contributed by atoms with van der Waals surface area (Å²) >= 11 is 0. The zero-order valence-electron chi connectivity index (χ0n) is 12.1. The van der Waals surface area contributed by atoms with Gasteiger partial charge in [0.2, 0.25) is 0 Å². The highest BCUT2D eigenvalue weighted by atomic mass is 16.3. The van der Waals surface area contributed by atoms with Gasteiger partial charge < -0.3 is 10.4 Å². The van der Waals surface area contributed by atoms with E-state index < -0.39 is 0 Å². The highest BCUT2D eigenvalue weighted by molar-refractivity contribution is 5.15. The van der Waals surface area contributed by atoms with Gasteiger partial charge in [0.25, 0.3) is 0 Å². The highest BCUT2D eigenvalue weighted by Gasteiger charge is 2.37. The summed E-state index contributed by atoms with van der Waals surface area (Å²) in [6.45, 7) is 7.56. The maximum absolute atomic E-state index is 9.76. The van der Waals surface area contributed by atoms with Crippen LogP contribution in [0, 0.1) is 0 Å². The minimum absolute atomic E-state index is 0.107. The molecule has 0 aliphatic carbocycles. The van der Waals surface area contributed by atoms with Gasteiger partial charge in [-0.15, -0.1) is 0 Å². The minimum atomic E-state index is -0.107. The Labute approximate surface area is 116 Å². The summed E-state index contributed by atoms with van der Waals surface area (Å²) in [6, 6.07) is 11.0. The fourth-order valence-electron chi connectivity index (χ4n) is 2.85. The molecule has 2 unspecified atom stereocenters. The number of likely N-dealkylation sites (tertiary alicyclic amines) is 1. The van der Waals surface area contributed by atoms with E-state index in [1.54, 1.807) is 0 Å².